The molecule has 1 fully saturated rings. The molecule has 0 bridgehead atoms. The van der Waals surface area contributed by atoms with Crippen LogP contribution in [0.15, 0.2) is 54.9 Å². The fourth-order valence-corrected chi connectivity index (χ4v) is 3.09. The molecule has 5 nitrogen and oxygen atoms in total. The predicted molar refractivity (Wildman–Crippen MR) is 98.1 cm³/mol. The van der Waals surface area contributed by atoms with E-state index in [4.69, 9.17) is 4.98 Å². The molecule has 3 aromatic rings. The number of aliphatic hydroxyl groups is 1. The number of hydrogen-bond donors (Lipinski definition) is 1. The number of aliphatic hydroxyl groups excluding tert-OH is 1. The van der Waals surface area contributed by atoms with E-state index in [1.807, 2.05) is 18.2 Å². The molecule has 0 aliphatic carbocycles. The smallest absolute Gasteiger partial charge is 0.162 e. The van der Waals surface area contributed by atoms with E-state index in [0.717, 1.165) is 48.6 Å². The van der Waals surface area contributed by atoms with Gasteiger partial charge in [0, 0.05) is 42.7 Å². The molecule has 4 rings (SSSR count). The van der Waals surface area contributed by atoms with Gasteiger partial charge in [-0.1, -0.05) is 0 Å². The van der Waals surface area contributed by atoms with Gasteiger partial charge in [0.25, 0.3) is 0 Å². The van der Waals surface area contributed by atoms with Crippen LogP contribution in [0, 0.1) is 5.82 Å². The molecule has 132 valence electrons. The highest BCUT2D eigenvalue weighted by molar-refractivity contribution is 5.67. The highest BCUT2D eigenvalue weighted by Gasteiger charge is 2.20. The number of pyridine rings is 1. The topological polar surface area (TPSA) is 62.1 Å². The van der Waals surface area contributed by atoms with Crippen molar-refractivity contribution in [2.75, 3.05) is 18.0 Å². The van der Waals surface area contributed by atoms with Crippen LogP contribution < -0.4 is 4.90 Å². The van der Waals surface area contributed by atoms with Gasteiger partial charge in [0.15, 0.2) is 5.82 Å². The molecular weight excluding hydrogens is 331 g/mol. The fraction of sp³-hybridized carbons (Fsp3) is 0.250. The summed E-state index contributed by atoms with van der Waals surface area (Å²) in [7, 11) is 0. The Hall–Kier alpha value is -2.86. The van der Waals surface area contributed by atoms with Crippen LogP contribution in [0.1, 0.15) is 12.8 Å². The molecule has 0 spiro atoms. The minimum Gasteiger partial charge on any atom is -0.393 e. The van der Waals surface area contributed by atoms with E-state index in [1.165, 1.54) is 12.1 Å². The number of nitrogens with zero attached hydrogens (tertiary/aromatic N) is 4. The van der Waals surface area contributed by atoms with E-state index >= 15 is 0 Å². The van der Waals surface area contributed by atoms with E-state index in [0.29, 0.717) is 5.82 Å². The lowest BCUT2D eigenvalue weighted by Gasteiger charge is -2.30. The van der Waals surface area contributed by atoms with Crippen LogP contribution in [0.3, 0.4) is 0 Å². The summed E-state index contributed by atoms with van der Waals surface area (Å²) in [6.45, 7) is 1.49. The van der Waals surface area contributed by atoms with Gasteiger partial charge in [0.2, 0.25) is 0 Å². The summed E-state index contributed by atoms with van der Waals surface area (Å²) in [6.07, 6.45) is 4.62. The van der Waals surface area contributed by atoms with Crippen molar-refractivity contribution in [3.63, 3.8) is 0 Å². The Morgan fingerprint density at radius 1 is 0.923 bits per heavy atom. The summed E-state index contributed by atoms with van der Waals surface area (Å²) < 4.78 is 13.3. The molecule has 2 aromatic heterocycles. The number of anilines is 1. The lowest BCUT2D eigenvalue weighted by atomic mass is 10.1. The maximum atomic E-state index is 13.3. The van der Waals surface area contributed by atoms with Gasteiger partial charge in [-0.2, -0.15) is 0 Å². The zero-order valence-electron chi connectivity index (χ0n) is 14.2. The number of hydrogen-bond acceptors (Lipinski definition) is 5. The molecule has 1 saturated heterocycles. The van der Waals surface area contributed by atoms with Crippen LogP contribution >= 0.6 is 0 Å². The first-order chi connectivity index (χ1) is 12.7. The minimum atomic E-state index is -0.276. The summed E-state index contributed by atoms with van der Waals surface area (Å²) in [5, 5.41) is 9.76. The summed E-state index contributed by atoms with van der Waals surface area (Å²) >= 11 is 0. The van der Waals surface area contributed by atoms with Gasteiger partial charge < -0.3 is 10.0 Å². The lowest BCUT2D eigenvalue weighted by Crippen LogP contribution is -2.36. The highest BCUT2D eigenvalue weighted by atomic mass is 19.1. The summed E-state index contributed by atoms with van der Waals surface area (Å²) in [5.41, 5.74) is 2.46. The Kier molecular flexibility index (Phi) is 4.58. The maximum Gasteiger partial charge on any atom is 0.162 e. The Labute approximate surface area is 151 Å². The average molecular weight is 350 g/mol. The lowest BCUT2D eigenvalue weighted by molar-refractivity contribution is 0.145. The number of halogens is 1. The van der Waals surface area contributed by atoms with Crippen LogP contribution in [-0.2, 0) is 0 Å². The van der Waals surface area contributed by atoms with Gasteiger partial charge >= 0.3 is 0 Å². The molecule has 0 atom stereocenters. The molecule has 1 N–H and O–H groups in total. The zero-order valence-corrected chi connectivity index (χ0v) is 14.2. The monoisotopic (exact) mass is 350 g/mol. The Morgan fingerprint density at radius 2 is 1.62 bits per heavy atom. The van der Waals surface area contributed by atoms with E-state index in [2.05, 4.69) is 14.9 Å². The second-order valence-corrected chi connectivity index (χ2v) is 6.40. The molecule has 1 aromatic carbocycles. The molecule has 1 aliphatic rings. The van der Waals surface area contributed by atoms with Crippen molar-refractivity contribution in [1.82, 2.24) is 15.0 Å². The summed E-state index contributed by atoms with van der Waals surface area (Å²) in [5.74, 6) is 1.15. The SMILES string of the molecule is OC1CCN(c2cc(-c3ccc(F)cc3)nc(-c3ccncc3)n2)CC1. The fourth-order valence-electron chi connectivity index (χ4n) is 3.09. The zero-order chi connectivity index (χ0) is 17.9. The van der Waals surface area contributed by atoms with Gasteiger partial charge in [-0.15, -0.1) is 0 Å². The second-order valence-electron chi connectivity index (χ2n) is 6.40. The summed E-state index contributed by atoms with van der Waals surface area (Å²) in [4.78, 5) is 15.6. The van der Waals surface area contributed by atoms with Crippen molar-refractivity contribution in [2.24, 2.45) is 0 Å². The Morgan fingerprint density at radius 3 is 2.31 bits per heavy atom. The Bertz CT molecular complexity index is 878. The van der Waals surface area contributed by atoms with E-state index in [9.17, 15) is 9.50 Å². The standard InChI is InChI=1S/C20H19FN4O/c21-16-3-1-14(2-4-16)18-13-19(25-11-7-17(26)8-12-25)24-20(23-18)15-5-9-22-10-6-15/h1-6,9-10,13,17,26H,7-8,11-12H2. The third-order valence-electron chi connectivity index (χ3n) is 4.58. The summed E-state index contributed by atoms with van der Waals surface area (Å²) in [6, 6.07) is 12.0. The number of benzene rings is 1. The van der Waals surface area contributed by atoms with Crippen molar-refractivity contribution in [3.8, 4) is 22.6 Å². The van der Waals surface area contributed by atoms with Crippen LogP contribution in [0.4, 0.5) is 10.2 Å². The molecule has 1 aliphatic heterocycles. The quantitative estimate of drug-likeness (QED) is 0.785. The largest absolute Gasteiger partial charge is 0.393 e. The normalized spacial score (nSPS) is 15.2. The van der Waals surface area contributed by atoms with Gasteiger partial charge in [-0.05, 0) is 49.2 Å². The molecular formula is C20H19FN4O. The van der Waals surface area contributed by atoms with Crippen LogP contribution in [0.2, 0.25) is 0 Å². The van der Waals surface area contributed by atoms with Gasteiger partial charge in [0.05, 0.1) is 11.8 Å². The molecule has 0 radical (unpaired) electrons. The van der Waals surface area contributed by atoms with Crippen LogP contribution in [-0.4, -0.2) is 39.3 Å². The van der Waals surface area contributed by atoms with Crippen molar-refractivity contribution < 1.29 is 9.50 Å². The second kappa shape index (κ2) is 7.17. The average Bonchev–Trinajstić information content (AvgIpc) is 2.69. The third kappa shape index (κ3) is 3.55. The van der Waals surface area contributed by atoms with Gasteiger partial charge in [-0.25, -0.2) is 14.4 Å². The van der Waals surface area contributed by atoms with Crippen LogP contribution in [0.25, 0.3) is 22.6 Å². The molecule has 0 unspecified atom stereocenters. The molecule has 0 amide bonds. The molecule has 0 saturated carbocycles. The first-order valence-corrected chi connectivity index (χ1v) is 8.67. The van der Waals surface area contributed by atoms with Crippen molar-refractivity contribution >= 4 is 5.82 Å². The van der Waals surface area contributed by atoms with E-state index < -0.39 is 0 Å². The van der Waals surface area contributed by atoms with E-state index in [1.54, 1.807) is 24.5 Å². The number of aromatic nitrogens is 3. The number of rotatable bonds is 3. The third-order valence-corrected chi connectivity index (χ3v) is 4.58. The van der Waals surface area contributed by atoms with Crippen molar-refractivity contribution in [2.45, 2.75) is 18.9 Å². The number of piperidine rings is 1. The van der Waals surface area contributed by atoms with Crippen LogP contribution in [0.5, 0.6) is 0 Å². The van der Waals surface area contributed by atoms with Crippen molar-refractivity contribution in [3.05, 3.63) is 60.7 Å². The first kappa shape index (κ1) is 16.6. The van der Waals surface area contributed by atoms with E-state index in [-0.39, 0.29) is 11.9 Å². The molecule has 26 heavy (non-hydrogen) atoms. The predicted octanol–water partition coefficient (Wildman–Crippen LogP) is 3.31. The molecule has 6 heteroatoms. The maximum absolute atomic E-state index is 13.3. The van der Waals surface area contributed by atoms with Gasteiger partial charge in [-0.3, -0.25) is 4.98 Å². The molecule has 3 heterocycles. The highest BCUT2D eigenvalue weighted by Crippen LogP contribution is 2.27. The first-order valence-electron chi connectivity index (χ1n) is 8.67. The van der Waals surface area contributed by atoms with Crippen molar-refractivity contribution in [1.29, 1.82) is 0 Å². The Balaban J connectivity index is 1.78. The minimum absolute atomic E-state index is 0.246. The van der Waals surface area contributed by atoms with Gasteiger partial charge in [0.1, 0.15) is 11.6 Å².